The fourth-order valence-electron chi connectivity index (χ4n) is 9.61. The number of fused-ring (bicyclic) bond motifs is 3. The Morgan fingerprint density at radius 3 is 2.35 bits per heavy atom. The van der Waals surface area contributed by atoms with Crippen LogP contribution in [0.25, 0.3) is 0 Å². The molecule has 7 unspecified atom stereocenters. The number of aromatic hydroxyl groups is 2. The third kappa shape index (κ3) is 5.41. The summed E-state index contributed by atoms with van der Waals surface area (Å²) in [6.07, 6.45) is 12.6. The van der Waals surface area contributed by atoms with Crippen LogP contribution in [0.2, 0.25) is 0 Å². The van der Waals surface area contributed by atoms with E-state index in [1.807, 2.05) is 4.90 Å². The van der Waals surface area contributed by atoms with Crippen LogP contribution in [0, 0.1) is 28.6 Å². The quantitative estimate of drug-likeness (QED) is 0.279. The van der Waals surface area contributed by atoms with Crippen molar-refractivity contribution in [3.05, 3.63) is 23.8 Å². The number of likely N-dealkylation sites (tertiary alicyclic amines) is 1. The van der Waals surface area contributed by atoms with Crippen molar-refractivity contribution in [1.29, 1.82) is 0 Å². The number of hydrogen-bond acceptors (Lipinski definition) is 6. The molecule has 8 heteroatoms. The van der Waals surface area contributed by atoms with Gasteiger partial charge in [-0.15, -0.1) is 0 Å². The first-order valence-corrected chi connectivity index (χ1v) is 16.8. The molecule has 3 N–H and O–H groups in total. The van der Waals surface area contributed by atoms with E-state index in [0.717, 1.165) is 70.6 Å². The highest BCUT2D eigenvalue weighted by molar-refractivity contribution is 5.92. The molecule has 7 atom stereocenters. The SMILES string of the molecule is CC1(C)C2CCC1(C)C(OC(=O)C1CC3CCCCC3N1C(=O)C(NC(=O)Cc1ccc(O)c(O)c1)C1CCCCC1)C2. The number of rotatable bonds is 7. The second kappa shape index (κ2) is 11.6. The minimum atomic E-state index is -0.701. The Hall–Kier alpha value is -2.77. The predicted octanol–water partition coefficient (Wildman–Crippen LogP) is 5.62. The zero-order valence-corrected chi connectivity index (χ0v) is 26.1. The van der Waals surface area contributed by atoms with E-state index in [1.54, 1.807) is 6.07 Å². The van der Waals surface area contributed by atoms with Crippen molar-refractivity contribution in [1.82, 2.24) is 10.2 Å². The molecular formula is C35H50N2O6. The molecule has 1 aromatic rings. The number of ether oxygens (including phenoxy) is 1. The Bertz CT molecular complexity index is 1240. The van der Waals surface area contributed by atoms with Crippen molar-refractivity contribution < 1.29 is 29.3 Å². The molecule has 0 aromatic heterocycles. The average Bonchev–Trinajstić information content (AvgIpc) is 3.54. The zero-order valence-electron chi connectivity index (χ0n) is 26.1. The molecule has 43 heavy (non-hydrogen) atoms. The van der Waals surface area contributed by atoms with Crippen LogP contribution >= 0.6 is 0 Å². The molecule has 4 saturated carbocycles. The topological polar surface area (TPSA) is 116 Å². The number of carbonyl (C=O) groups excluding carboxylic acids is 3. The van der Waals surface area contributed by atoms with Gasteiger partial charge in [0, 0.05) is 11.5 Å². The number of hydrogen-bond donors (Lipinski definition) is 3. The number of carbonyl (C=O) groups is 3. The second-order valence-electron chi connectivity index (χ2n) is 15.1. The van der Waals surface area contributed by atoms with Gasteiger partial charge >= 0.3 is 5.97 Å². The summed E-state index contributed by atoms with van der Waals surface area (Å²) in [5.74, 6) is -0.357. The molecule has 2 amide bonds. The number of nitrogens with one attached hydrogen (secondary N) is 1. The zero-order chi connectivity index (χ0) is 30.5. The lowest BCUT2D eigenvalue weighted by molar-refractivity contribution is -0.166. The normalized spacial score (nSPS) is 34.0. The fraction of sp³-hybridized carbons (Fsp3) is 0.743. The number of phenols is 2. The molecule has 5 fully saturated rings. The maximum atomic E-state index is 14.7. The molecule has 1 aromatic carbocycles. The van der Waals surface area contributed by atoms with Crippen LogP contribution in [-0.2, 0) is 25.5 Å². The molecule has 0 spiro atoms. The lowest BCUT2D eigenvalue weighted by Gasteiger charge is -2.40. The molecule has 1 aliphatic heterocycles. The Morgan fingerprint density at radius 2 is 1.67 bits per heavy atom. The van der Waals surface area contributed by atoms with Gasteiger partial charge in [-0.05, 0) is 92.2 Å². The number of esters is 1. The molecule has 8 nitrogen and oxygen atoms in total. The lowest BCUT2D eigenvalue weighted by atomic mass is 9.70. The smallest absolute Gasteiger partial charge is 0.329 e. The Morgan fingerprint density at radius 1 is 0.953 bits per heavy atom. The number of phenolic OH excluding ortho intramolecular Hbond substituents is 2. The molecular weight excluding hydrogens is 544 g/mol. The van der Waals surface area contributed by atoms with E-state index >= 15 is 0 Å². The highest BCUT2D eigenvalue weighted by atomic mass is 16.5. The molecule has 4 aliphatic carbocycles. The van der Waals surface area contributed by atoms with Gasteiger partial charge in [-0.25, -0.2) is 4.79 Å². The fourth-order valence-corrected chi connectivity index (χ4v) is 9.61. The number of amides is 2. The minimum Gasteiger partial charge on any atom is -0.504 e. The Kier molecular flexibility index (Phi) is 8.18. The molecule has 0 radical (unpaired) electrons. The van der Waals surface area contributed by atoms with Gasteiger partial charge in [-0.2, -0.15) is 0 Å². The van der Waals surface area contributed by atoms with E-state index in [4.69, 9.17) is 4.74 Å². The van der Waals surface area contributed by atoms with Gasteiger partial charge in [0.15, 0.2) is 11.5 Å². The van der Waals surface area contributed by atoms with Gasteiger partial charge in [0.1, 0.15) is 18.2 Å². The van der Waals surface area contributed by atoms with Crippen LogP contribution in [0.5, 0.6) is 11.5 Å². The highest BCUT2D eigenvalue weighted by Crippen LogP contribution is 2.66. The predicted molar refractivity (Wildman–Crippen MR) is 162 cm³/mol. The Labute approximate surface area is 255 Å². The van der Waals surface area contributed by atoms with Gasteiger partial charge in [-0.1, -0.05) is 58.9 Å². The van der Waals surface area contributed by atoms with Crippen molar-refractivity contribution in [2.75, 3.05) is 0 Å². The first kappa shape index (κ1) is 30.3. The summed E-state index contributed by atoms with van der Waals surface area (Å²) in [5, 5.41) is 22.7. The van der Waals surface area contributed by atoms with Crippen molar-refractivity contribution in [2.45, 2.75) is 135 Å². The lowest BCUT2D eigenvalue weighted by Crippen LogP contribution is -2.58. The molecule has 1 heterocycles. The van der Waals surface area contributed by atoms with Crippen LogP contribution < -0.4 is 5.32 Å². The molecule has 2 bridgehead atoms. The maximum Gasteiger partial charge on any atom is 0.329 e. The molecule has 5 aliphatic rings. The van der Waals surface area contributed by atoms with Crippen LogP contribution in [0.4, 0.5) is 0 Å². The van der Waals surface area contributed by atoms with E-state index in [-0.39, 0.29) is 70.5 Å². The largest absolute Gasteiger partial charge is 0.504 e. The average molecular weight is 595 g/mol. The van der Waals surface area contributed by atoms with E-state index in [1.165, 1.54) is 18.6 Å². The summed E-state index contributed by atoms with van der Waals surface area (Å²) in [6.45, 7) is 6.91. The van der Waals surface area contributed by atoms with Crippen molar-refractivity contribution >= 4 is 17.8 Å². The maximum absolute atomic E-state index is 14.7. The van der Waals surface area contributed by atoms with E-state index in [2.05, 4.69) is 26.1 Å². The first-order chi connectivity index (χ1) is 20.5. The first-order valence-electron chi connectivity index (χ1n) is 16.8. The van der Waals surface area contributed by atoms with Crippen molar-refractivity contribution in [3.63, 3.8) is 0 Å². The third-order valence-corrected chi connectivity index (χ3v) is 12.7. The number of benzene rings is 1. The van der Waals surface area contributed by atoms with Crippen LogP contribution in [0.1, 0.15) is 110 Å². The highest BCUT2D eigenvalue weighted by Gasteiger charge is 2.63. The molecule has 236 valence electrons. The van der Waals surface area contributed by atoms with Gasteiger partial charge < -0.3 is 25.2 Å². The number of nitrogens with zero attached hydrogens (tertiary/aromatic N) is 1. The van der Waals surface area contributed by atoms with E-state index in [9.17, 15) is 24.6 Å². The Balaban J connectivity index is 1.23. The summed E-state index contributed by atoms with van der Waals surface area (Å²) in [4.78, 5) is 43.9. The summed E-state index contributed by atoms with van der Waals surface area (Å²) >= 11 is 0. The van der Waals surface area contributed by atoms with Crippen molar-refractivity contribution in [2.24, 2.45) is 28.6 Å². The summed E-state index contributed by atoms with van der Waals surface area (Å²) < 4.78 is 6.40. The monoisotopic (exact) mass is 594 g/mol. The summed E-state index contributed by atoms with van der Waals surface area (Å²) in [6, 6.07) is 3.04. The summed E-state index contributed by atoms with van der Waals surface area (Å²) in [7, 11) is 0. The van der Waals surface area contributed by atoms with Crippen LogP contribution in [0.3, 0.4) is 0 Å². The van der Waals surface area contributed by atoms with Gasteiger partial charge in [0.05, 0.1) is 6.42 Å². The summed E-state index contributed by atoms with van der Waals surface area (Å²) in [5.41, 5.74) is 0.635. The van der Waals surface area contributed by atoms with E-state index < -0.39 is 12.1 Å². The third-order valence-electron chi connectivity index (χ3n) is 12.7. The van der Waals surface area contributed by atoms with Gasteiger partial charge in [0.2, 0.25) is 11.8 Å². The van der Waals surface area contributed by atoms with Crippen LogP contribution in [-0.4, -0.2) is 57.1 Å². The van der Waals surface area contributed by atoms with Crippen LogP contribution in [0.15, 0.2) is 18.2 Å². The minimum absolute atomic E-state index is 0.00268. The second-order valence-corrected chi connectivity index (χ2v) is 15.1. The standard InChI is InChI=1S/C35H50N2O6/c1-34(2)24-15-16-35(34,3)29(20-24)43-33(42)26-19-23-11-7-8-12-25(23)37(26)32(41)31(22-9-5-4-6-10-22)36-30(40)18-21-13-14-27(38)28(39)17-21/h13-14,17,22-26,29,31,38-39H,4-12,15-16,18-20H2,1-3H3,(H,36,40). The van der Waals surface area contributed by atoms with Gasteiger partial charge in [0.25, 0.3) is 0 Å². The van der Waals surface area contributed by atoms with Crippen molar-refractivity contribution in [3.8, 4) is 11.5 Å². The van der Waals surface area contributed by atoms with Gasteiger partial charge in [-0.3, -0.25) is 9.59 Å². The molecule has 1 saturated heterocycles. The van der Waals surface area contributed by atoms with E-state index in [0.29, 0.717) is 17.9 Å². The molecule has 6 rings (SSSR count).